The quantitative estimate of drug-likeness (QED) is 0.337. The molecule has 11 heteroatoms. The molecule has 33 heavy (non-hydrogen) atoms. The highest BCUT2D eigenvalue weighted by atomic mass is 35.5. The Labute approximate surface area is 195 Å². The second kappa shape index (κ2) is 8.97. The summed E-state index contributed by atoms with van der Waals surface area (Å²) in [6.07, 6.45) is 1.57. The number of fused-ring (bicyclic) bond motifs is 2. The van der Waals surface area contributed by atoms with Crippen LogP contribution in [0.2, 0.25) is 5.02 Å². The fraction of sp³-hybridized carbons (Fsp3) is 0.364. The van der Waals surface area contributed by atoms with Gasteiger partial charge < -0.3 is 26.0 Å². The summed E-state index contributed by atoms with van der Waals surface area (Å²) in [6, 6.07) is 7.81. The molecule has 1 atom stereocenters. The third-order valence-electron chi connectivity index (χ3n) is 6.02. The minimum atomic E-state index is -0.132. The second-order valence-corrected chi connectivity index (χ2v) is 8.57. The SMILES string of the molecule is C[C@H](Nc1nc(N)nc2nc[nH]c12)c1cc2cccc(Cl)c2nc1N1CCN(CCO)CC1. The highest BCUT2D eigenvalue weighted by molar-refractivity contribution is 6.35. The van der Waals surface area contributed by atoms with Crippen LogP contribution in [0.5, 0.6) is 0 Å². The van der Waals surface area contributed by atoms with Gasteiger partial charge in [-0.05, 0) is 19.1 Å². The normalized spacial score (nSPS) is 15.9. The number of β-amino-alcohol motifs (C(OH)–C–C–N with tert-alkyl or cyclic N) is 1. The average molecular weight is 468 g/mol. The summed E-state index contributed by atoms with van der Waals surface area (Å²) in [6.45, 7) is 6.27. The zero-order chi connectivity index (χ0) is 22.9. The third kappa shape index (κ3) is 4.24. The fourth-order valence-corrected chi connectivity index (χ4v) is 4.53. The van der Waals surface area contributed by atoms with Crippen molar-refractivity contribution in [2.75, 3.05) is 55.3 Å². The molecule has 0 radical (unpaired) electrons. The van der Waals surface area contributed by atoms with Crippen LogP contribution in [-0.4, -0.2) is 74.3 Å². The van der Waals surface area contributed by atoms with Crippen molar-refractivity contribution in [3.8, 4) is 0 Å². The van der Waals surface area contributed by atoms with Gasteiger partial charge in [0.25, 0.3) is 0 Å². The lowest BCUT2D eigenvalue weighted by Crippen LogP contribution is -2.47. The van der Waals surface area contributed by atoms with Crippen molar-refractivity contribution in [3.05, 3.63) is 41.2 Å². The number of hydrogen-bond donors (Lipinski definition) is 4. The Kier molecular flexibility index (Phi) is 5.88. The van der Waals surface area contributed by atoms with Crippen molar-refractivity contribution in [1.29, 1.82) is 0 Å². The Hall–Kier alpha value is -3.21. The van der Waals surface area contributed by atoms with Crippen molar-refractivity contribution < 1.29 is 5.11 Å². The lowest BCUT2D eigenvalue weighted by Gasteiger charge is -2.36. The monoisotopic (exact) mass is 467 g/mol. The van der Waals surface area contributed by atoms with E-state index >= 15 is 0 Å². The van der Waals surface area contributed by atoms with Crippen LogP contribution in [0.4, 0.5) is 17.6 Å². The van der Waals surface area contributed by atoms with Gasteiger partial charge in [-0.15, -0.1) is 0 Å². The molecule has 1 aliphatic heterocycles. The number of aliphatic hydroxyl groups is 1. The van der Waals surface area contributed by atoms with Gasteiger partial charge in [0, 0.05) is 43.7 Å². The van der Waals surface area contributed by atoms with E-state index in [0.29, 0.717) is 28.5 Å². The number of H-pyrrole nitrogens is 1. The first kappa shape index (κ1) is 21.6. The maximum atomic E-state index is 9.27. The Morgan fingerprint density at radius 2 is 2.03 bits per heavy atom. The number of benzene rings is 1. The van der Waals surface area contributed by atoms with Crippen LogP contribution in [0.3, 0.4) is 0 Å². The summed E-state index contributed by atoms with van der Waals surface area (Å²) < 4.78 is 0. The Morgan fingerprint density at radius 1 is 1.21 bits per heavy atom. The first-order valence-electron chi connectivity index (χ1n) is 10.9. The predicted octanol–water partition coefficient (Wildman–Crippen LogP) is 2.42. The number of nitrogen functional groups attached to an aromatic ring is 1. The molecule has 0 unspecified atom stereocenters. The molecule has 1 saturated heterocycles. The average Bonchev–Trinajstić information content (AvgIpc) is 3.28. The zero-order valence-corrected chi connectivity index (χ0v) is 19.0. The molecular formula is C22H26ClN9O. The van der Waals surface area contributed by atoms with Crippen LogP contribution in [-0.2, 0) is 0 Å². The number of para-hydroxylation sites is 1. The number of hydrogen-bond acceptors (Lipinski definition) is 9. The summed E-state index contributed by atoms with van der Waals surface area (Å²) >= 11 is 6.49. The van der Waals surface area contributed by atoms with Gasteiger partial charge in [-0.1, -0.05) is 23.7 Å². The van der Waals surface area contributed by atoms with Gasteiger partial charge in [-0.25, -0.2) is 9.97 Å². The molecule has 4 aromatic rings. The smallest absolute Gasteiger partial charge is 0.224 e. The van der Waals surface area contributed by atoms with Crippen LogP contribution in [0.1, 0.15) is 18.5 Å². The second-order valence-electron chi connectivity index (χ2n) is 8.16. The molecule has 3 aromatic heterocycles. The molecule has 0 spiro atoms. The maximum absolute atomic E-state index is 9.27. The molecule has 0 bridgehead atoms. The number of halogens is 1. The van der Waals surface area contributed by atoms with E-state index in [9.17, 15) is 5.11 Å². The highest BCUT2D eigenvalue weighted by Gasteiger charge is 2.24. The lowest BCUT2D eigenvalue weighted by atomic mass is 10.0. The molecule has 10 nitrogen and oxygen atoms in total. The van der Waals surface area contributed by atoms with Gasteiger partial charge in [0.1, 0.15) is 11.3 Å². The predicted molar refractivity (Wildman–Crippen MR) is 131 cm³/mol. The van der Waals surface area contributed by atoms with Gasteiger partial charge in [0.05, 0.1) is 29.5 Å². The van der Waals surface area contributed by atoms with Crippen LogP contribution < -0.4 is 16.0 Å². The fourth-order valence-electron chi connectivity index (χ4n) is 4.30. The van der Waals surface area contributed by atoms with E-state index in [0.717, 1.165) is 48.5 Å². The molecule has 1 aromatic carbocycles. The van der Waals surface area contributed by atoms with Crippen LogP contribution in [0.25, 0.3) is 22.1 Å². The molecular weight excluding hydrogens is 442 g/mol. The zero-order valence-electron chi connectivity index (χ0n) is 18.3. The topological polar surface area (TPSA) is 132 Å². The molecule has 0 aliphatic carbocycles. The molecule has 1 aliphatic rings. The number of nitrogens with one attached hydrogen (secondary N) is 2. The number of imidazole rings is 1. The van der Waals surface area contributed by atoms with Crippen molar-refractivity contribution >= 4 is 51.3 Å². The van der Waals surface area contributed by atoms with E-state index in [1.807, 2.05) is 18.2 Å². The summed E-state index contributed by atoms with van der Waals surface area (Å²) in [5.74, 6) is 1.64. The Bertz CT molecular complexity index is 1290. The van der Waals surface area contributed by atoms with Crippen molar-refractivity contribution in [3.63, 3.8) is 0 Å². The molecule has 5 N–H and O–H groups in total. The molecule has 0 saturated carbocycles. The van der Waals surface area contributed by atoms with Crippen LogP contribution >= 0.6 is 11.6 Å². The van der Waals surface area contributed by atoms with Crippen LogP contribution in [0.15, 0.2) is 30.6 Å². The third-order valence-corrected chi connectivity index (χ3v) is 6.32. The Balaban J connectivity index is 1.53. The summed E-state index contributed by atoms with van der Waals surface area (Å²) in [5, 5.41) is 14.3. The molecule has 5 rings (SSSR count). The summed E-state index contributed by atoms with van der Waals surface area (Å²) in [7, 11) is 0. The molecule has 1 fully saturated rings. The molecule has 4 heterocycles. The lowest BCUT2D eigenvalue weighted by molar-refractivity contribution is 0.188. The van der Waals surface area contributed by atoms with E-state index < -0.39 is 0 Å². The van der Waals surface area contributed by atoms with Gasteiger partial charge in [-0.2, -0.15) is 9.97 Å². The number of aromatic nitrogens is 5. The number of rotatable bonds is 6. The minimum absolute atomic E-state index is 0.132. The van der Waals surface area contributed by atoms with E-state index in [4.69, 9.17) is 22.3 Å². The van der Waals surface area contributed by atoms with E-state index in [-0.39, 0.29) is 18.6 Å². The Morgan fingerprint density at radius 3 is 2.82 bits per heavy atom. The van der Waals surface area contributed by atoms with Gasteiger partial charge in [0.2, 0.25) is 5.95 Å². The van der Waals surface area contributed by atoms with E-state index in [1.54, 1.807) is 6.33 Å². The van der Waals surface area contributed by atoms with Gasteiger partial charge in [0.15, 0.2) is 11.5 Å². The van der Waals surface area contributed by atoms with Crippen molar-refractivity contribution in [2.24, 2.45) is 0 Å². The van der Waals surface area contributed by atoms with Gasteiger partial charge >= 0.3 is 0 Å². The number of aromatic amines is 1. The number of nitrogens with two attached hydrogens (primary N) is 1. The standard InChI is InChI=1S/C22H26ClN9O/c1-13(27-20-18-19(26-12-25-18)29-22(24)30-20)15-11-14-3-2-4-16(23)17(14)28-21(15)32-7-5-31(6-8-32)9-10-33/h2-4,11-13,33H,5-10H2,1H3,(H4,24,25,26,27,29,30)/t13-/m0/s1. The van der Waals surface area contributed by atoms with Gasteiger partial charge in [-0.3, -0.25) is 4.90 Å². The van der Waals surface area contributed by atoms with Crippen molar-refractivity contribution in [1.82, 2.24) is 29.8 Å². The molecule has 0 amide bonds. The first-order chi connectivity index (χ1) is 16.0. The van der Waals surface area contributed by atoms with E-state index in [2.05, 4.69) is 48.0 Å². The van der Waals surface area contributed by atoms with Crippen LogP contribution in [0, 0.1) is 0 Å². The van der Waals surface area contributed by atoms with Crippen molar-refractivity contribution in [2.45, 2.75) is 13.0 Å². The minimum Gasteiger partial charge on any atom is -0.395 e. The number of pyridine rings is 1. The number of anilines is 3. The summed E-state index contributed by atoms with van der Waals surface area (Å²) in [4.78, 5) is 25.4. The number of aliphatic hydroxyl groups excluding tert-OH is 1. The largest absolute Gasteiger partial charge is 0.395 e. The maximum Gasteiger partial charge on any atom is 0.224 e. The number of nitrogens with zero attached hydrogens (tertiary/aromatic N) is 6. The highest BCUT2D eigenvalue weighted by Crippen LogP contribution is 2.34. The molecule has 172 valence electrons. The summed E-state index contributed by atoms with van der Waals surface area (Å²) in [5.41, 5.74) is 8.93. The van der Waals surface area contributed by atoms with E-state index in [1.165, 1.54) is 0 Å². The first-order valence-corrected chi connectivity index (χ1v) is 11.3. The number of piperazine rings is 1.